The minimum Gasteiger partial charge on any atom is -0.466 e. The van der Waals surface area contributed by atoms with Crippen molar-refractivity contribution in [1.82, 2.24) is 0 Å². The van der Waals surface area contributed by atoms with Crippen LogP contribution in [0.1, 0.15) is 91.6 Å². The summed E-state index contributed by atoms with van der Waals surface area (Å²) in [5.41, 5.74) is 3.85. The Balaban J connectivity index is 1.58. The standard InChI is InChI=1S/C27H32ClNO3/c1-2-32-26(30)17-22-9-6-16-29(25-15-14-23(28)18-24(22)25)27(31)21-12-10-20(11-13-21)19-7-4-3-5-8-19/h10-15,18-19,22H,2-9,16-17H2,1H3. The second kappa shape index (κ2) is 10.5. The molecule has 1 saturated carbocycles. The second-order valence-electron chi connectivity index (χ2n) is 8.97. The van der Waals surface area contributed by atoms with Crippen molar-refractivity contribution < 1.29 is 14.3 Å². The van der Waals surface area contributed by atoms with Crippen molar-refractivity contribution in [2.75, 3.05) is 18.1 Å². The molecule has 0 N–H and O–H groups in total. The number of esters is 1. The van der Waals surface area contributed by atoms with Gasteiger partial charge in [0.1, 0.15) is 0 Å². The molecule has 1 amide bonds. The molecule has 170 valence electrons. The molecule has 1 fully saturated rings. The van der Waals surface area contributed by atoms with Crippen molar-refractivity contribution in [3.63, 3.8) is 0 Å². The number of rotatable bonds is 5. The van der Waals surface area contributed by atoms with Gasteiger partial charge in [-0.3, -0.25) is 9.59 Å². The van der Waals surface area contributed by atoms with Gasteiger partial charge in [-0.15, -0.1) is 0 Å². The number of benzene rings is 2. The van der Waals surface area contributed by atoms with Crippen LogP contribution >= 0.6 is 11.6 Å². The molecule has 2 aliphatic rings. The van der Waals surface area contributed by atoms with Crippen LogP contribution in [0.3, 0.4) is 0 Å². The van der Waals surface area contributed by atoms with Crippen LogP contribution in [-0.2, 0) is 9.53 Å². The summed E-state index contributed by atoms with van der Waals surface area (Å²) in [6.07, 6.45) is 8.36. The van der Waals surface area contributed by atoms with Crippen LogP contribution in [0.5, 0.6) is 0 Å². The SMILES string of the molecule is CCOC(=O)CC1CCCN(C(=O)c2ccc(C3CCCCC3)cc2)c2ccc(Cl)cc21. The van der Waals surface area contributed by atoms with Gasteiger partial charge in [0.25, 0.3) is 5.91 Å². The Morgan fingerprint density at radius 1 is 1.00 bits per heavy atom. The summed E-state index contributed by atoms with van der Waals surface area (Å²) in [5, 5.41) is 0.615. The molecule has 0 spiro atoms. The number of nitrogens with zero attached hydrogens (tertiary/aromatic N) is 1. The molecule has 1 aliphatic carbocycles. The van der Waals surface area contributed by atoms with Gasteiger partial charge < -0.3 is 9.64 Å². The molecule has 1 aliphatic heterocycles. The first kappa shape index (κ1) is 22.8. The van der Waals surface area contributed by atoms with Gasteiger partial charge in [0, 0.05) is 22.8 Å². The minimum atomic E-state index is -0.207. The predicted molar refractivity (Wildman–Crippen MR) is 129 cm³/mol. The number of halogens is 1. The highest BCUT2D eigenvalue weighted by molar-refractivity contribution is 6.30. The Hall–Kier alpha value is -2.33. The number of ether oxygens (including phenoxy) is 1. The van der Waals surface area contributed by atoms with E-state index in [-0.39, 0.29) is 17.8 Å². The Bertz CT molecular complexity index is 950. The molecule has 0 aromatic heterocycles. The molecule has 2 aromatic rings. The minimum absolute atomic E-state index is 0.000510. The third kappa shape index (κ3) is 5.17. The third-order valence-electron chi connectivity index (χ3n) is 6.85. The Morgan fingerprint density at radius 3 is 2.47 bits per heavy atom. The maximum Gasteiger partial charge on any atom is 0.306 e. The summed E-state index contributed by atoms with van der Waals surface area (Å²) < 4.78 is 5.18. The van der Waals surface area contributed by atoms with E-state index in [9.17, 15) is 9.59 Å². The monoisotopic (exact) mass is 453 g/mol. The fourth-order valence-corrected chi connectivity index (χ4v) is 5.38. The van der Waals surface area contributed by atoms with Crippen molar-refractivity contribution in [3.8, 4) is 0 Å². The van der Waals surface area contributed by atoms with Gasteiger partial charge in [-0.05, 0) is 85.9 Å². The molecule has 4 nitrogen and oxygen atoms in total. The zero-order valence-electron chi connectivity index (χ0n) is 18.8. The highest BCUT2D eigenvalue weighted by Crippen LogP contribution is 2.39. The van der Waals surface area contributed by atoms with Crippen molar-refractivity contribution >= 4 is 29.2 Å². The molecular weight excluding hydrogens is 422 g/mol. The van der Waals surface area contributed by atoms with Crippen molar-refractivity contribution in [2.24, 2.45) is 0 Å². The van der Waals surface area contributed by atoms with E-state index in [1.54, 1.807) is 0 Å². The lowest BCUT2D eigenvalue weighted by Crippen LogP contribution is -2.31. The summed E-state index contributed by atoms with van der Waals surface area (Å²) in [6, 6.07) is 13.8. The lowest BCUT2D eigenvalue weighted by Gasteiger charge is -2.25. The maximum absolute atomic E-state index is 13.5. The molecule has 1 atom stereocenters. The van der Waals surface area contributed by atoms with Crippen LogP contribution in [0.2, 0.25) is 5.02 Å². The third-order valence-corrected chi connectivity index (χ3v) is 7.09. The summed E-state index contributed by atoms with van der Waals surface area (Å²) in [5.74, 6) is 0.411. The van der Waals surface area contributed by atoms with Crippen LogP contribution < -0.4 is 4.90 Å². The number of fused-ring (bicyclic) bond motifs is 1. The summed E-state index contributed by atoms with van der Waals surface area (Å²) in [7, 11) is 0. The normalized spacial score (nSPS) is 19.2. The van der Waals surface area contributed by atoms with Crippen LogP contribution in [0.25, 0.3) is 0 Å². The number of carbonyl (C=O) groups is 2. The first-order valence-electron chi connectivity index (χ1n) is 11.9. The van der Waals surface area contributed by atoms with Gasteiger partial charge >= 0.3 is 5.97 Å². The van der Waals surface area contributed by atoms with E-state index in [2.05, 4.69) is 12.1 Å². The number of hydrogen-bond acceptors (Lipinski definition) is 3. The molecule has 1 unspecified atom stereocenters. The second-order valence-corrected chi connectivity index (χ2v) is 9.40. The molecule has 32 heavy (non-hydrogen) atoms. The van der Waals surface area contributed by atoms with E-state index in [1.807, 2.05) is 42.2 Å². The first-order chi connectivity index (χ1) is 15.6. The summed E-state index contributed by atoms with van der Waals surface area (Å²) >= 11 is 6.31. The van der Waals surface area contributed by atoms with E-state index < -0.39 is 0 Å². The highest BCUT2D eigenvalue weighted by Gasteiger charge is 2.29. The van der Waals surface area contributed by atoms with Gasteiger partial charge in [-0.25, -0.2) is 0 Å². The van der Waals surface area contributed by atoms with E-state index >= 15 is 0 Å². The van der Waals surface area contributed by atoms with E-state index in [4.69, 9.17) is 16.3 Å². The van der Waals surface area contributed by atoms with Gasteiger partial charge in [0.05, 0.1) is 13.0 Å². The van der Waals surface area contributed by atoms with Crippen LogP contribution in [0.15, 0.2) is 42.5 Å². The number of amides is 1. The van der Waals surface area contributed by atoms with Gasteiger partial charge in [-0.2, -0.15) is 0 Å². The Morgan fingerprint density at radius 2 is 1.75 bits per heavy atom. The van der Waals surface area contributed by atoms with E-state index in [1.165, 1.54) is 37.7 Å². The molecule has 1 heterocycles. The van der Waals surface area contributed by atoms with Crippen LogP contribution in [0.4, 0.5) is 5.69 Å². The van der Waals surface area contributed by atoms with Crippen molar-refractivity contribution in [2.45, 2.75) is 70.1 Å². The smallest absolute Gasteiger partial charge is 0.306 e. The molecular formula is C27H32ClNO3. The number of anilines is 1. The van der Waals surface area contributed by atoms with Gasteiger partial charge in [-0.1, -0.05) is 43.0 Å². The molecule has 2 aromatic carbocycles. The van der Waals surface area contributed by atoms with Crippen LogP contribution in [0, 0.1) is 0 Å². The molecule has 0 radical (unpaired) electrons. The zero-order valence-corrected chi connectivity index (χ0v) is 19.6. The lowest BCUT2D eigenvalue weighted by molar-refractivity contribution is -0.143. The largest absolute Gasteiger partial charge is 0.466 e. The average molecular weight is 454 g/mol. The maximum atomic E-state index is 13.5. The molecule has 0 bridgehead atoms. The van der Waals surface area contributed by atoms with E-state index in [0.29, 0.717) is 36.1 Å². The predicted octanol–water partition coefficient (Wildman–Crippen LogP) is 6.87. The summed E-state index contributed by atoms with van der Waals surface area (Å²) in [4.78, 5) is 27.6. The molecule has 4 rings (SSSR count). The highest BCUT2D eigenvalue weighted by atomic mass is 35.5. The number of carbonyl (C=O) groups excluding carboxylic acids is 2. The Kier molecular flexibility index (Phi) is 7.51. The van der Waals surface area contributed by atoms with E-state index in [0.717, 1.165) is 24.1 Å². The number of hydrogen-bond donors (Lipinski definition) is 0. The fourth-order valence-electron chi connectivity index (χ4n) is 5.20. The molecule has 5 heteroatoms. The van der Waals surface area contributed by atoms with Crippen molar-refractivity contribution in [1.29, 1.82) is 0 Å². The lowest BCUT2D eigenvalue weighted by atomic mass is 9.84. The fraction of sp³-hybridized carbons (Fsp3) is 0.481. The van der Waals surface area contributed by atoms with Crippen molar-refractivity contribution in [3.05, 3.63) is 64.2 Å². The first-order valence-corrected chi connectivity index (χ1v) is 12.3. The van der Waals surface area contributed by atoms with Gasteiger partial charge in [0.2, 0.25) is 0 Å². The van der Waals surface area contributed by atoms with Gasteiger partial charge in [0.15, 0.2) is 0 Å². The summed E-state index contributed by atoms with van der Waals surface area (Å²) in [6.45, 7) is 2.81. The Labute approximate surface area is 195 Å². The topological polar surface area (TPSA) is 46.6 Å². The quantitative estimate of drug-likeness (QED) is 0.464. The zero-order chi connectivity index (χ0) is 22.5. The van der Waals surface area contributed by atoms with Crippen LogP contribution in [-0.4, -0.2) is 25.0 Å². The average Bonchev–Trinajstić information content (AvgIpc) is 2.98. The molecule has 0 saturated heterocycles.